The van der Waals surface area contributed by atoms with E-state index in [1.54, 1.807) is 0 Å². The third-order valence-electron chi connectivity index (χ3n) is 10.5. The van der Waals surface area contributed by atoms with Crippen molar-refractivity contribution in [1.29, 1.82) is 0 Å². The van der Waals surface area contributed by atoms with Crippen LogP contribution in [0.3, 0.4) is 0 Å². The Kier molecular flexibility index (Phi) is 5.96. The molecule has 11 aromatic rings. The minimum absolute atomic E-state index is 0.896. The molecular formula is C48H30N2O. The molecule has 51 heavy (non-hydrogen) atoms. The lowest BCUT2D eigenvalue weighted by Crippen LogP contribution is -1.94. The van der Waals surface area contributed by atoms with Crippen LogP contribution in [0.5, 0.6) is 0 Å². The van der Waals surface area contributed by atoms with Gasteiger partial charge in [-0.1, -0.05) is 109 Å². The topological polar surface area (TPSA) is 23.0 Å². The minimum Gasteiger partial charge on any atom is -0.455 e. The Morgan fingerprint density at radius 3 is 1.59 bits per heavy atom. The molecule has 0 aliphatic carbocycles. The minimum atomic E-state index is 0.896. The summed E-state index contributed by atoms with van der Waals surface area (Å²) in [7, 11) is 0. The second kappa shape index (κ2) is 10.8. The molecular weight excluding hydrogens is 621 g/mol. The van der Waals surface area contributed by atoms with Crippen LogP contribution >= 0.6 is 0 Å². The van der Waals surface area contributed by atoms with Crippen molar-refractivity contribution in [2.24, 2.45) is 0 Å². The van der Waals surface area contributed by atoms with Crippen LogP contribution in [-0.4, -0.2) is 9.13 Å². The fraction of sp³-hybridized carbons (Fsp3) is 0. The zero-order valence-corrected chi connectivity index (χ0v) is 27.6. The van der Waals surface area contributed by atoms with Gasteiger partial charge in [-0.05, 0) is 95.1 Å². The number of furan rings is 1. The fourth-order valence-corrected chi connectivity index (χ4v) is 8.22. The van der Waals surface area contributed by atoms with Gasteiger partial charge in [0.2, 0.25) is 0 Å². The van der Waals surface area contributed by atoms with Crippen molar-refractivity contribution in [2.45, 2.75) is 0 Å². The molecule has 0 fully saturated rings. The van der Waals surface area contributed by atoms with Crippen LogP contribution in [0.4, 0.5) is 0 Å². The molecule has 238 valence electrons. The highest BCUT2D eigenvalue weighted by atomic mass is 16.3. The fourth-order valence-electron chi connectivity index (χ4n) is 8.22. The van der Waals surface area contributed by atoms with Gasteiger partial charge in [0, 0.05) is 38.3 Å². The summed E-state index contributed by atoms with van der Waals surface area (Å²) < 4.78 is 11.4. The molecule has 3 heterocycles. The summed E-state index contributed by atoms with van der Waals surface area (Å²) in [5.74, 6) is 0. The van der Waals surface area contributed by atoms with Crippen molar-refractivity contribution in [1.82, 2.24) is 9.13 Å². The Bertz CT molecular complexity index is 3090. The number of rotatable bonds is 4. The molecule has 0 amide bonds. The number of nitrogens with zero attached hydrogens (tertiary/aromatic N) is 2. The highest BCUT2D eigenvalue weighted by Crippen LogP contribution is 2.42. The third-order valence-corrected chi connectivity index (χ3v) is 10.5. The van der Waals surface area contributed by atoms with Crippen molar-refractivity contribution < 1.29 is 4.42 Å². The van der Waals surface area contributed by atoms with Crippen molar-refractivity contribution in [3.05, 3.63) is 182 Å². The maximum atomic E-state index is 6.70. The number of benzene rings is 8. The number of para-hydroxylation sites is 4. The quantitative estimate of drug-likeness (QED) is 0.186. The summed E-state index contributed by atoms with van der Waals surface area (Å²) in [6, 6.07) is 65.4. The van der Waals surface area contributed by atoms with E-state index < -0.39 is 0 Å². The van der Waals surface area contributed by atoms with Crippen LogP contribution in [0.15, 0.2) is 186 Å². The van der Waals surface area contributed by atoms with E-state index in [4.69, 9.17) is 4.42 Å². The summed E-state index contributed by atoms with van der Waals surface area (Å²) in [6.45, 7) is 0. The van der Waals surface area contributed by atoms with E-state index in [1.165, 1.54) is 49.4 Å². The number of fused-ring (bicyclic) bond motifs is 10. The normalized spacial score (nSPS) is 11.9. The number of hydrogen-bond donors (Lipinski definition) is 0. The Hall–Kier alpha value is -6.84. The first-order valence-corrected chi connectivity index (χ1v) is 17.4. The van der Waals surface area contributed by atoms with Gasteiger partial charge >= 0.3 is 0 Å². The molecule has 3 nitrogen and oxygen atoms in total. The van der Waals surface area contributed by atoms with E-state index in [1.807, 2.05) is 0 Å². The summed E-state index contributed by atoms with van der Waals surface area (Å²) in [4.78, 5) is 0. The second-order valence-electron chi connectivity index (χ2n) is 13.3. The van der Waals surface area contributed by atoms with Gasteiger partial charge < -0.3 is 13.6 Å². The van der Waals surface area contributed by atoms with Crippen molar-refractivity contribution >= 4 is 65.6 Å². The Labute approximate surface area is 293 Å². The predicted octanol–water partition coefficient (Wildman–Crippen LogP) is 13.1. The van der Waals surface area contributed by atoms with Crippen molar-refractivity contribution in [2.75, 3.05) is 0 Å². The molecule has 0 unspecified atom stereocenters. The van der Waals surface area contributed by atoms with Gasteiger partial charge in [-0.15, -0.1) is 0 Å². The summed E-state index contributed by atoms with van der Waals surface area (Å²) >= 11 is 0. The monoisotopic (exact) mass is 650 g/mol. The molecule has 0 radical (unpaired) electrons. The van der Waals surface area contributed by atoms with Gasteiger partial charge in [-0.25, -0.2) is 0 Å². The van der Waals surface area contributed by atoms with Gasteiger partial charge in [0.15, 0.2) is 0 Å². The van der Waals surface area contributed by atoms with Crippen LogP contribution in [-0.2, 0) is 0 Å². The second-order valence-corrected chi connectivity index (χ2v) is 13.3. The Morgan fingerprint density at radius 1 is 0.314 bits per heavy atom. The van der Waals surface area contributed by atoms with Gasteiger partial charge in [0.1, 0.15) is 11.2 Å². The van der Waals surface area contributed by atoms with Gasteiger partial charge in [-0.3, -0.25) is 0 Å². The van der Waals surface area contributed by atoms with E-state index in [9.17, 15) is 0 Å². The molecule has 0 N–H and O–H groups in total. The van der Waals surface area contributed by atoms with Crippen LogP contribution in [0, 0.1) is 0 Å². The standard InChI is InChI=1S/C48H30N2O/c1-2-15-35(16-3-1)49-44-23-9-6-20-40(44)47-45(49)26-25-39-41-30-34(24-27-46(41)51-48(39)47)32-13-10-12-31(28-32)33-14-11-17-36(29-33)50-42-21-7-4-18-37(42)38-19-5-8-22-43(38)50/h1-30H. The molecule has 8 aromatic carbocycles. The lowest BCUT2D eigenvalue weighted by molar-refractivity contribution is 0.673. The average Bonchev–Trinajstić information content (AvgIpc) is 3.86. The first-order valence-electron chi connectivity index (χ1n) is 17.4. The summed E-state index contributed by atoms with van der Waals surface area (Å²) in [5.41, 5.74) is 13.6. The van der Waals surface area contributed by atoms with Gasteiger partial charge in [0.05, 0.1) is 27.5 Å². The van der Waals surface area contributed by atoms with E-state index in [0.717, 1.165) is 49.8 Å². The van der Waals surface area contributed by atoms with E-state index >= 15 is 0 Å². The van der Waals surface area contributed by atoms with Crippen LogP contribution < -0.4 is 0 Å². The largest absolute Gasteiger partial charge is 0.455 e. The third kappa shape index (κ3) is 4.19. The van der Waals surface area contributed by atoms with E-state index in [-0.39, 0.29) is 0 Å². The van der Waals surface area contributed by atoms with E-state index in [2.05, 4.69) is 191 Å². The molecule has 0 atom stereocenters. The predicted molar refractivity (Wildman–Crippen MR) is 213 cm³/mol. The molecule has 11 rings (SSSR count). The molecule has 3 aromatic heterocycles. The lowest BCUT2D eigenvalue weighted by Gasteiger charge is -2.11. The van der Waals surface area contributed by atoms with Crippen molar-refractivity contribution in [3.8, 4) is 33.6 Å². The maximum absolute atomic E-state index is 6.70. The van der Waals surface area contributed by atoms with Crippen LogP contribution in [0.2, 0.25) is 0 Å². The molecule has 0 aliphatic rings. The average molecular weight is 651 g/mol. The first kappa shape index (κ1) is 28.0. The SMILES string of the molecule is c1ccc(-n2c3ccccc3c3c4oc5ccc(-c6cccc(-c7cccc(-n8c9ccccc9c9ccccc98)c7)c6)cc5c4ccc32)cc1. The van der Waals surface area contributed by atoms with Crippen LogP contribution in [0.1, 0.15) is 0 Å². The molecule has 0 saturated heterocycles. The molecule has 0 spiro atoms. The molecule has 0 bridgehead atoms. The Balaban J connectivity index is 1.04. The maximum Gasteiger partial charge on any atom is 0.145 e. The lowest BCUT2D eigenvalue weighted by atomic mass is 9.97. The zero-order valence-electron chi connectivity index (χ0n) is 27.6. The highest BCUT2D eigenvalue weighted by molar-refractivity contribution is 6.24. The number of aromatic nitrogens is 2. The van der Waals surface area contributed by atoms with Crippen molar-refractivity contribution in [3.63, 3.8) is 0 Å². The smallest absolute Gasteiger partial charge is 0.145 e. The first-order chi connectivity index (χ1) is 25.3. The zero-order chi connectivity index (χ0) is 33.5. The summed E-state index contributed by atoms with van der Waals surface area (Å²) in [5, 5.41) is 7.13. The summed E-state index contributed by atoms with van der Waals surface area (Å²) in [6.07, 6.45) is 0. The highest BCUT2D eigenvalue weighted by Gasteiger charge is 2.19. The van der Waals surface area contributed by atoms with Gasteiger partial charge in [0.25, 0.3) is 0 Å². The van der Waals surface area contributed by atoms with E-state index in [0.29, 0.717) is 0 Å². The number of hydrogen-bond acceptors (Lipinski definition) is 1. The molecule has 0 saturated carbocycles. The van der Waals surface area contributed by atoms with Crippen LogP contribution in [0.25, 0.3) is 99.2 Å². The Morgan fingerprint density at radius 2 is 0.863 bits per heavy atom. The van der Waals surface area contributed by atoms with Gasteiger partial charge in [-0.2, -0.15) is 0 Å². The molecule has 0 aliphatic heterocycles. The molecule has 3 heteroatoms.